The largest absolute Gasteiger partial charge is 0.478 e. The lowest BCUT2D eigenvalue weighted by Gasteiger charge is -2.14. The van der Waals surface area contributed by atoms with E-state index < -0.39 is 5.97 Å². The lowest BCUT2D eigenvalue weighted by atomic mass is 10.1. The lowest BCUT2D eigenvalue weighted by molar-refractivity contribution is 0.0696. The smallest absolute Gasteiger partial charge is 0.337 e. The third-order valence-electron chi connectivity index (χ3n) is 3.31. The van der Waals surface area contributed by atoms with Crippen molar-refractivity contribution in [2.45, 2.75) is 31.3 Å². The van der Waals surface area contributed by atoms with Crippen molar-refractivity contribution >= 4 is 5.97 Å². The van der Waals surface area contributed by atoms with Crippen LogP contribution in [-0.4, -0.2) is 35.4 Å². The van der Waals surface area contributed by atoms with Crippen molar-refractivity contribution in [3.8, 4) is 5.88 Å². The van der Waals surface area contributed by atoms with E-state index in [1.807, 2.05) is 0 Å². The van der Waals surface area contributed by atoms with Gasteiger partial charge in [0, 0.05) is 18.2 Å². The van der Waals surface area contributed by atoms with Crippen molar-refractivity contribution < 1.29 is 19.4 Å². The zero-order chi connectivity index (χ0) is 12.5. The first-order valence-electron chi connectivity index (χ1n) is 6.21. The van der Waals surface area contributed by atoms with Crippen molar-refractivity contribution in [2.75, 3.05) is 13.2 Å². The maximum Gasteiger partial charge on any atom is 0.337 e. The summed E-state index contributed by atoms with van der Waals surface area (Å²) in [6, 6.07) is 1.69. The Bertz CT molecular complexity index is 464. The van der Waals surface area contributed by atoms with Gasteiger partial charge in [-0.05, 0) is 24.8 Å². The van der Waals surface area contributed by atoms with Crippen LogP contribution in [-0.2, 0) is 4.74 Å². The Morgan fingerprint density at radius 3 is 2.89 bits per heavy atom. The molecule has 1 aliphatic heterocycles. The zero-order valence-electron chi connectivity index (χ0n) is 9.96. The van der Waals surface area contributed by atoms with E-state index in [1.54, 1.807) is 6.07 Å². The maximum atomic E-state index is 11.0. The summed E-state index contributed by atoms with van der Waals surface area (Å²) in [4.78, 5) is 15.1. The van der Waals surface area contributed by atoms with Crippen LogP contribution < -0.4 is 4.74 Å². The fourth-order valence-corrected chi connectivity index (χ4v) is 2.14. The van der Waals surface area contributed by atoms with E-state index in [0.29, 0.717) is 18.4 Å². The van der Waals surface area contributed by atoms with E-state index in [0.717, 1.165) is 31.4 Å². The van der Waals surface area contributed by atoms with Gasteiger partial charge in [-0.3, -0.25) is 0 Å². The first-order valence-corrected chi connectivity index (χ1v) is 6.21. The molecule has 18 heavy (non-hydrogen) atoms. The molecule has 0 amide bonds. The second kappa shape index (κ2) is 4.57. The van der Waals surface area contributed by atoms with Crippen molar-refractivity contribution in [1.29, 1.82) is 0 Å². The Kier molecular flexibility index (Phi) is 2.91. The summed E-state index contributed by atoms with van der Waals surface area (Å²) in [5, 5.41) is 8.99. The van der Waals surface area contributed by atoms with Crippen LogP contribution in [0.15, 0.2) is 12.3 Å². The van der Waals surface area contributed by atoms with E-state index in [4.69, 9.17) is 14.6 Å². The molecule has 0 bridgehead atoms. The average molecular weight is 249 g/mol. The van der Waals surface area contributed by atoms with Gasteiger partial charge in [0.25, 0.3) is 0 Å². The first-order chi connectivity index (χ1) is 8.74. The Morgan fingerprint density at radius 2 is 2.28 bits per heavy atom. The number of hydrogen-bond acceptors (Lipinski definition) is 4. The minimum Gasteiger partial charge on any atom is -0.478 e. The number of aromatic nitrogens is 1. The molecule has 1 aromatic heterocycles. The highest BCUT2D eigenvalue weighted by atomic mass is 16.5. The summed E-state index contributed by atoms with van der Waals surface area (Å²) in [5.74, 6) is 0.0484. The monoisotopic (exact) mass is 249 g/mol. The maximum absolute atomic E-state index is 11.0. The van der Waals surface area contributed by atoms with Crippen LogP contribution in [0.4, 0.5) is 0 Å². The number of aromatic carboxylic acids is 1. The van der Waals surface area contributed by atoms with Gasteiger partial charge in [-0.15, -0.1) is 0 Å². The topological polar surface area (TPSA) is 68.7 Å². The van der Waals surface area contributed by atoms with Gasteiger partial charge in [0.05, 0.1) is 18.8 Å². The van der Waals surface area contributed by atoms with Crippen LogP contribution >= 0.6 is 0 Å². The number of carboxylic acid groups (broad SMARTS) is 1. The highest BCUT2D eigenvalue weighted by Gasteiger charge is 2.30. The van der Waals surface area contributed by atoms with Crippen molar-refractivity contribution in [3.63, 3.8) is 0 Å². The molecule has 0 aromatic carbocycles. The van der Waals surface area contributed by atoms with Gasteiger partial charge >= 0.3 is 5.97 Å². The molecule has 5 nitrogen and oxygen atoms in total. The second-order valence-electron chi connectivity index (χ2n) is 4.80. The average Bonchev–Trinajstić information content (AvgIpc) is 3.08. The Labute approximate surface area is 105 Å². The molecular weight excluding hydrogens is 234 g/mol. The predicted octanol–water partition coefficient (Wildman–Crippen LogP) is 1.82. The summed E-state index contributed by atoms with van der Waals surface area (Å²) in [5.41, 5.74) is 1.16. The highest BCUT2D eigenvalue weighted by Crippen LogP contribution is 2.44. The third kappa shape index (κ3) is 2.31. The molecule has 2 aliphatic rings. The van der Waals surface area contributed by atoms with E-state index >= 15 is 0 Å². The van der Waals surface area contributed by atoms with E-state index in [-0.39, 0.29) is 11.7 Å². The molecule has 96 valence electrons. The first kappa shape index (κ1) is 11.5. The Balaban J connectivity index is 1.85. The second-order valence-corrected chi connectivity index (χ2v) is 4.80. The van der Waals surface area contributed by atoms with Crippen molar-refractivity contribution in [1.82, 2.24) is 4.98 Å². The molecule has 0 radical (unpaired) electrons. The summed E-state index contributed by atoms with van der Waals surface area (Å²) >= 11 is 0. The van der Waals surface area contributed by atoms with Crippen LogP contribution in [0, 0.1) is 0 Å². The number of rotatable bonds is 4. The van der Waals surface area contributed by atoms with Gasteiger partial charge in [-0.25, -0.2) is 9.78 Å². The molecule has 0 spiro atoms. The van der Waals surface area contributed by atoms with Gasteiger partial charge in [0.1, 0.15) is 6.10 Å². The zero-order valence-corrected chi connectivity index (χ0v) is 9.96. The fourth-order valence-electron chi connectivity index (χ4n) is 2.14. The number of carbonyl (C=O) groups is 1. The molecular formula is C13H15NO4. The number of carboxylic acids is 1. The summed E-state index contributed by atoms with van der Waals surface area (Å²) in [7, 11) is 0. The summed E-state index contributed by atoms with van der Waals surface area (Å²) in [6.45, 7) is 1.31. The minimum atomic E-state index is -0.944. The SMILES string of the molecule is O=C(O)c1cnc(O[C@H]2CCOC2)c(C2CC2)c1. The van der Waals surface area contributed by atoms with E-state index in [2.05, 4.69) is 4.98 Å². The van der Waals surface area contributed by atoms with Crippen molar-refractivity contribution in [3.05, 3.63) is 23.4 Å². The molecule has 1 aliphatic carbocycles. The number of ether oxygens (including phenoxy) is 2. The summed E-state index contributed by atoms with van der Waals surface area (Å²) in [6.07, 6.45) is 4.45. The Morgan fingerprint density at radius 1 is 1.44 bits per heavy atom. The van der Waals surface area contributed by atoms with E-state index in [9.17, 15) is 4.79 Å². The lowest BCUT2D eigenvalue weighted by Crippen LogP contribution is -2.17. The van der Waals surface area contributed by atoms with Gasteiger partial charge in [0.2, 0.25) is 5.88 Å². The molecule has 1 saturated heterocycles. The molecule has 0 unspecified atom stereocenters. The number of pyridine rings is 1. The number of hydrogen-bond donors (Lipinski definition) is 1. The number of nitrogens with zero attached hydrogens (tertiary/aromatic N) is 1. The van der Waals surface area contributed by atoms with Crippen LogP contribution in [0.2, 0.25) is 0 Å². The molecule has 2 fully saturated rings. The van der Waals surface area contributed by atoms with Gasteiger partial charge in [-0.1, -0.05) is 0 Å². The van der Waals surface area contributed by atoms with Crippen LogP contribution in [0.25, 0.3) is 0 Å². The van der Waals surface area contributed by atoms with Crippen molar-refractivity contribution in [2.24, 2.45) is 0 Å². The van der Waals surface area contributed by atoms with Crippen LogP contribution in [0.5, 0.6) is 5.88 Å². The normalized spacial score (nSPS) is 23.0. The highest BCUT2D eigenvalue weighted by molar-refractivity contribution is 5.87. The quantitative estimate of drug-likeness (QED) is 0.881. The predicted molar refractivity (Wildman–Crippen MR) is 63.0 cm³/mol. The molecule has 5 heteroatoms. The van der Waals surface area contributed by atoms with Crippen LogP contribution in [0.1, 0.15) is 41.1 Å². The van der Waals surface area contributed by atoms with E-state index in [1.165, 1.54) is 6.20 Å². The molecule has 2 heterocycles. The third-order valence-corrected chi connectivity index (χ3v) is 3.31. The van der Waals surface area contributed by atoms with Gasteiger partial charge in [-0.2, -0.15) is 0 Å². The van der Waals surface area contributed by atoms with Gasteiger partial charge in [0.15, 0.2) is 0 Å². The molecule has 1 atom stereocenters. The molecule has 1 N–H and O–H groups in total. The summed E-state index contributed by atoms with van der Waals surface area (Å²) < 4.78 is 11.1. The molecule has 1 saturated carbocycles. The standard InChI is InChI=1S/C13H15NO4/c15-13(16)9-5-11(8-1-2-8)12(14-6-9)18-10-3-4-17-7-10/h5-6,8,10H,1-4,7H2,(H,15,16)/t10-/m0/s1. The Hall–Kier alpha value is -1.62. The fraction of sp³-hybridized carbons (Fsp3) is 0.538. The minimum absolute atomic E-state index is 0.0469. The van der Waals surface area contributed by atoms with Gasteiger partial charge < -0.3 is 14.6 Å². The molecule has 1 aromatic rings. The molecule has 3 rings (SSSR count). The van der Waals surface area contributed by atoms with Crippen LogP contribution in [0.3, 0.4) is 0 Å².